The minimum absolute atomic E-state index is 0.207. The number of nitrogens with zero attached hydrogens (tertiary/aromatic N) is 1. The first-order chi connectivity index (χ1) is 10.8. The topological polar surface area (TPSA) is 64.4 Å². The third kappa shape index (κ3) is 5.19. The van der Waals surface area contributed by atoms with E-state index in [-0.39, 0.29) is 6.54 Å². The van der Waals surface area contributed by atoms with Crippen molar-refractivity contribution < 1.29 is 13.9 Å². The molecule has 0 aliphatic rings. The molecule has 1 heterocycles. The molecule has 1 amide bonds. The number of amides is 1. The van der Waals surface area contributed by atoms with Gasteiger partial charge in [-0.25, -0.2) is 9.78 Å². The van der Waals surface area contributed by atoms with Gasteiger partial charge in [-0.15, -0.1) is 0 Å². The number of hydrogen-bond acceptors (Lipinski definition) is 4. The van der Waals surface area contributed by atoms with Gasteiger partial charge in [0.2, 0.25) is 0 Å². The molecule has 1 N–H and O–H groups in total. The van der Waals surface area contributed by atoms with E-state index in [2.05, 4.69) is 22.1 Å². The zero-order valence-corrected chi connectivity index (χ0v) is 13.8. The van der Waals surface area contributed by atoms with Gasteiger partial charge in [0.25, 0.3) is 0 Å². The highest BCUT2D eigenvalue weighted by Crippen LogP contribution is 2.23. The van der Waals surface area contributed by atoms with E-state index in [1.165, 1.54) is 6.39 Å². The van der Waals surface area contributed by atoms with Crippen molar-refractivity contribution in [2.45, 2.75) is 33.3 Å². The predicted octanol–water partition coefficient (Wildman–Crippen LogP) is 3.53. The number of benzene rings is 1. The summed E-state index contributed by atoms with van der Waals surface area (Å²) in [6.07, 6.45) is 2.56. The quantitative estimate of drug-likeness (QED) is 0.862. The summed E-state index contributed by atoms with van der Waals surface area (Å²) in [4.78, 5) is 15.5. The number of aryl methyl sites for hydroxylation is 1. The number of oxazole rings is 1. The van der Waals surface area contributed by atoms with Gasteiger partial charge in [-0.3, -0.25) is 0 Å². The lowest BCUT2D eigenvalue weighted by Crippen LogP contribution is -2.32. The molecule has 0 fully saturated rings. The van der Waals surface area contributed by atoms with Crippen molar-refractivity contribution in [3.8, 4) is 23.2 Å². The van der Waals surface area contributed by atoms with Gasteiger partial charge in [-0.1, -0.05) is 23.5 Å². The average molecular weight is 312 g/mol. The van der Waals surface area contributed by atoms with Crippen LogP contribution in [0.25, 0.3) is 11.3 Å². The van der Waals surface area contributed by atoms with Crippen LogP contribution in [0.2, 0.25) is 0 Å². The molecule has 0 unspecified atom stereocenters. The molecule has 1 aromatic carbocycles. The summed E-state index contributed by atoms with van der Waals surface area (Å²) in [7, 11) is 0. The maximum absolute atomic E-state index is 11.5. The lowest BCUT2D eigenvalue weighted by molar-refractivity contribution is 0.0535. The molecule has 23 heavy (non-hydrogen) atoms. The predicted molar refractivity (Wildman–Crippen MR) is 87.8 cm³/mol. The zero-order chi connectivity index (χ0) is 16.9. The standard InChI is InChI=1S/C18H20N2O3/c1-13-7-8-14(15(10-13)16-11-19-12-22-16)6-5-9-20-17(21)23-18(2,3)4/h7-8,10-12H,9H2,1-4H3,(H,20,21). The molecule has 2 rings (SSSR count). The summed E-state index contributed by atoms with van der Waals surface area (Å²) in [6, 6.07) is 5.89. The highest BCUT2D eigenvalue weighted by molar-refractivity contribution is 5.69. The van der Waals surface area contributed by atoms with Gasteiger partial charge in [-0.2, -0.15) is 0 Å². The van der Waals surface area contributed by atoms with Crippen molar-refractivity contribution in [3.05, 3.63) is 41.9 Å². The molecule has 0 aliphatic carbocycles. The van der Waals surface area contributed by atoms with Crippen LogP contribution in [-0.2, 0) is 4.74 Å². The molecule has 120 valence electrons. The Kier molecular flexibility index (Phi) is 5.07. The number of ether oxygens (including phenoxy) is 1. The van der Waals surface area contributed by atoms with Crippen LogP contribution < -0.4 is 5.32 Å². The van der Waals surface area contributed by atoms with E-state index in [1.807, 2.05) is 45.9 Å². The Morgan fingerprint density at radius 2 is 2.17 bits per heavy atom. The molecule has 0 spiro atoms. The van der Waals surface area contributed by atoms with Crippen molar-refractivity contribution in [3.63, 3.8) is 0 Å². The maximum atomic E-state index is 11.5. The Balaban J connectivity index is 2.06. The number of nitrogens with one attached hydrogen (secondary N) is 1. The molecule has 5 nitrogen and oxygen atoms in total. The molecule has 0 atom stereocenters. The summed E-state index contributed by atoms with van der Waals surface area (Å²) in [5.41, 5.74) is 2.29. The van der Waals surface area contributed by atoms with E-state index < -0.39 is 11.7 Å². The van der Waals surface area contributed by atoms with Crippen LogP contribution in [0.1, 0.15) is 31.9 Å². The fourth-order valence-electron chi connectivity index (χ4n) is 1.89. The van der Waals surface area contributed by atoms with Crippen LogP contribution in [0.4, 0.5) is 4.79 Å². The minimum Gasteiger partial charge on any atom is -0.444 e. The smallest absolute Gasteiger partial charge is 0.408 e. The van der Waals surface area contributed by atoms with E-state index in [4.69, 9.17) is 9.15 Å². The normalized spacial score (nSPS) is 10.6. The average Bonchev–Trinajstić information content (AvgIpc) is 2.97. The van der Waals surface area contributed by atoms with Crippen LogP contribution in [-0.4, -0.2) is 23.2 Å². The van der Waals surface area contributed by atoms with Crippen molar-refractivity contribution in [1.82, 2.24) is 10.3 Å². The Morgan fingerprint density at radius 1 is 1.39 bits per heavy atom. The first-order valence-electron chi connectivity index (χ1n) is 7.30. The second-order valence-electron chi connectivity index (χ2n) is 6.07. The largest absolute Gasteiger partial charge is 0.444 e. The summed E-state index contributed by atoms with van der Waals surface area (Å²) in [5.74, 6) is 6.62. The van der Waals surface area contributed by atoms with Crippen molar-refractivity contribution in [2.75, 3.05) is 6.54 Å². The Bertz CT molecular complexity index is 732. The third-order valence-electron chi connectivity index (χ3n) is 2.82. The van der Waals surface area contributed by atoms with Crippen molar-refractivity contribution in [2.24, 2.45) is 0 Å². The number of carbonyl (C=O) groups is 1. The van der Waals surface area contributed by atoms with E-state index >= 15 is 0 Å². The number of aromatic nitrogens is 1. The van der Waals surface area contributed by atoms with E-state index in [9.17, 15) is 4.79 Å². The van der Waals surface area contributed by atoms with Crippen LogP contribution in [0.15, 0.2) is 35.2 Å². The molecule has 2 aromatic rings. The molecule has 0 saturated heterocycles. The van der Waals surface area contributed by atoms with Gasteiger partial charge in [-0.05, 0) is 39.8 Å². The summed E-state index contributed by atoms with van der Waals surface area (Å²) < 4.78 is 10.5. The fourth-order valence-corrected chi connectivity index (χ4v) is 1.89. The van der Waals surface area contributed by atoms with Gasteiger partial charge in [0.1, 0.15) is 5.60 Å². The van der Waals surface area contributed by atoms with E-state index in [0.717, 1.165) is 16.7 Å². The molecule has 0 bridgehead atoms. The van der Waals surface area contributed by atoms with Crippen molar-refractivity contribution in [1.29, 1.82) is 0 Å². The molecular formula is C18H20N2O3. The fraction of sp³-hybridized carbons (Fsp3) is 0.333. The second-order valence-corrected chi connectivity index (χ2v) is 6.07. The second kappa shape index (κ2) is 7.01. The maximum Gasteiger partial charge on any atom is 0.408 e. The summed E-state index contributed by atoms with van der Waals surface area (Å²) in [6.45, 7) is 7.65. The SMILES string of the molecule is Cc1ccc(C#CCNC(=O)OC(C)(C)C)c(-c2cnco2)c1. The van der Waals surface area contributed by atoms with E-state index in [1.54, 1.807) is 6.20 Å². The first kappa shape index (κ1) is 16.6. The Morgan fingerprint density at radius 3 is 2.83 bits per heavy atom. The van der Waals surface area contributed by atoms with Gasteiger partial charge in [0.05, 0.1) is 12.7 Å². The number of alkyl carbamates (subject to hydrolysis) is 1. The van der Waals surface area contributed by atoms with Crippen LogP contribution >= 0.6 is 0 Å². The molecule has 0 radical (unpaired) electrons. The third-order valence-corrected chi connectivity index (χ3v) is 2.82. The van der Waals surface area contributed by atoms with E-state index in [0.29, 0.717) is 5.76 Å². The van der Waals surface area contributed by atoms with Gasteiger partial charge in [0.15, 0.2) is 12.2 Å². The number of hydrogen-bond donors (Lipinski definition) is 1. The molecule has 0 saturated carbocycles. The highest BCUT2D eigenvalue weighted by atomic mass is 16.6. The zero-order valence-electron chi connectivity index (χ0n) is 13.8. The molecular weight excluding hydrogens is 292 g/mol. The number of carbonyl (C=O) groups excluding carboxylic acids is 1. The summed E-state index contributed by atoms with van der Waals surface area (Å²) in [5, 5.41) is 2.60. The minimum atomic E-state index is -0.520. The van der Waals surface area contributed by atoms with Crippen LogP contribution in [0, 0.1) is 18.8 Å². The molecule has 1 aromatic heterocycles. The first-order valence-corrected chi connectivity index (χ1v) is 7.30. The van der Waals surface area contributed by atoms with Gasteiger partial charge in [0, 0.05) is 11.1 Å². The molecule has 5 heteroatoms. The Hall–Kier alpha value is -2.74. The van der Waals surface area contributed by atoms with Crippen molar-refractivity contribution >= 4 is 6.09 Å². The van der Waals surface area contributed by atoms with Crippen LogP contribution in [0.3, 0.4) is 0 Å². The van der Waals surface area contributed by atoms with Gasteiger partial charge >= 0.3 is 6.09 Å². The number of rotatable bonds is 2. The lowest BCUT2D eigenvalue weighted by atomic mass is 10.0. The monoisotopic (exact) mass is 312 g/mol. The summed E-state index contributed by atoms with van der Waals surface area (Å²) >= 11 is 0. The lowest BCUT2D eigenvalue weighted by Gasteiger charge is -2.19. The van der Waals surface area contributed by atoms with Crippen LogP contribution in [0.5, 0.6) is 0 Å². The molecule has 0 aliphatic heterocycles. The Labute approximate surface area is 136 Å². The van der Waals surface area contributed by atoms with Gasteiger partial charge < -0.3 is 14.5 Å². The highest BCUT2D eigenvalue weighted by Gasteiger charge is 2.15.